The molecule has 1 amide bonds. The highest BCUT2D eigenvalue weighted by molar-refractivity contribution is 7.99. The molecular weight excluding hydrogens is 280 g/mol. The van der Waals surface area contributed by atoms with Gasteiger partial charge >= 0.3 is 0 Å². The number of nitrogens with zero attached hydrogens (tertiary/aromatic N) is 2. The number of rotatable bonds is 3. The lowest BCUT2D eigenvalue weighted by atomic mass is 10.3. The van der Waals surface area contributed by atoms with Crippen LogP contribution in [0.3, 0.4) is 0 Å². The lowest BCUT2D eigenvalue weighted by molar-refractivity contribution is 0.0833. The Morgan fingerprint density at radius 1 is 1.42 bits per heavy atom. The van der Waals surface area contributed by atoms with Crippen LogP contribution in [-0.4, -0.2) is 57.3 Å². The first kappa shape index (κ1) is 14.5. The number of thioether (sulfide) groups is 1. The summed E-state index contributed by atoms with van der Waals surface area (Å²) in [5, 5.41) is 4.47. The SMILES string of the molecule is CSc1c(N2CCNCC2)sc(C(=O)N(C)C)c1N. The van der Waals surface area contributed by atoms with Crippen LogP contribution in [0.4, 0.5) is 10.7 Å². The minimum absolute atomic E-state index is 0.0146. The van der Waals surface area contributed by atoms with Crippen LogP contribution in [-0.2, 0) is 0 Å². The van der Waals surface area contributed by atoms with E-state index in [1.165, 1.54) is 11.3 Å². The van der Waals surface area contributed by atoms with Crippen LogP contribution in [0.1, 0.15) is 9.67 Å². The van der Waals surface area contributed by atoms with Gasteiger partial charge in [-0.2, -0.15) is 0 Å². The summed E-state index contributed by atoms with van der Waals surface area (Å²) in [5.41, 5.74) is 6.79. The highest BCUT2D eigenvalue weighted by Gasteiger charge is 2.25. The molecule has 1 aromatic heterocycles. The van der Waals surface area contributed by atoms with Gasteiger partial charge in [-0.15, -0.1) is 23.1 Å². The lowest BCUT2D eigenvalue weighted by Gasteiger charge is -2.28. The van der Waals surface area contributed by atoms with Crippen LogP contribution < -0.4 is 16.0 Å². The zero-order valence-corrected chi connectivity index (χ0v) is 13.2. The standard InChI is InChI=1S/C12H20N4OS2/c1-15(2)11(17)9-8(13)10(18-3)12(19-9)16-6-4-14-5-7-16/h14H,4-7,13H2,1-3H3. The van der Waals surface area contributed by atoms with E-state index in [2.05, 4.69) is 10.2 Å². The van der Waals surface area contributed by atoms with Gasteiger partial charge in [0.15, 0.2) is 0 Å². The maximum Gasteiger partial charge on any atom is 0.265 e. The summed E-state index contributed by atoms with van der Waals surface area (Å²) < 4.78 is 0. The molecule has 0 radical (unpaired) electrons. The average Bonchev–Trinajstić information content (AvgIpc) is 2.75. The molecule has 3 N–H and O–H groups in total. The molecule has 2 rings (SSSR count). The predicted octanol–water partition coefficient (Wildman–Crippen LogP) is 1.16. The molecule has 1 aliphatic heterocycles. The summed E-state index contributed by atoms with van der Waals surface area (Å²) in [6.07, 6.45) is 2.01. The molecule has 1 aromatic rings. The largest absolute Gasteiger partial charge is 0.396 e. The van der Waals surface area contributed by atoms with Gasteiger partial charge in [0.2, 0.25) is 0 Å². The second-order valence-corrected chi connectivity index (χ2v) is 6.44. The van der Waals surface area contributed by atoms with Gasteiger partial charge in [-0.3, -0.25) is 4.79 Å². The fourth-order valence-corrected chi connectivity index (χ4v) is 4.31. The zero-order chi connectivity index (χ0) is 14.0. The Hall–Kier alpha value is -0.920. The van der Waals surface area contributed by atoms with E-state index in [1.54, 1.807) is 30.8 Å². The van der Waals surface area contributed by atoms with Crippen molar-refractivity contribution < 1.29 is 4.79 Å². The Balaban J connectivity index is 2.37. The van der Waals surface area contributed by atoms with Gasteiger partial charge < -0.3 is 20.9 Å². The van der Waals surface area contributed by atoms with Crippen molar-refractivity contribution in [1.29, 1.82) is 0 Å². The van der Waals surface area contributed by atoms with Crippen molar-refractivity contribution in [3.05, 3.63) is 4.88 Å². The van der Waals surface area contributed by atoms with Gasteiger partial charge in [-0.05, 0) is 6.26 Å². The molecule has 0 aliphatic carbocycles. The van der Waals surface area contributed by atoms with Crippen LogP contribution >= 0.6 is 23.1 Å². The van der Waals surface area contributed by atoms with Gasteiger partial charge in [-0.25, -0.2) is 0 Å². The lowest BCUT2D eigenvalue weighted by Crippen LogP contribution is -2.43. The smallest absolute Gasteiger partial charge is 0.265 e. The summed E-state index contributed by atoms with van der Waals surface area (Å²) in [5.74, 6) is -0.0146. The molecule has 106 valence electrons. The third-order valence-corrected chi connectivity index (χ3v) is 5.30. The first-order valence-corrected chi connectivity index (χ1v) is 8.24. The van der Waals surface area contributed by atoms with E-state index in [-0.39, 0.29) is 5.91 Å². The van der Waals surface area contributed by atoms with Crippen LogP contribution in [0.15, 0.2) is 4.90 Å². The Labute approximate surface area is 122 Å². The van der Waals surface area contributed by atoms with Gasteiger partial charge in [0.1, 0.15) is 9.88 Å². The Kier molecular flexibility index (Phi) is 4.59. The molecule has 0 saturated carbocycles. The van der Waals surface area contributed by atoms with E-state index >= 15 is 0 Å². The minimum atomic E-state index is -0.0146. The van der Waals surface area contributed by atoms with Crippen molar-refractivity contribution in [1.82, 2.24) is 10.2 Å². The van der Waals surface area contributed by atoms with E-state index in [0.717, 1.165) is 36.1 Å². The molecule has 7 heteroatoms. The van der Waals surface area contributed by atoms with Crippen LogP contribution in [0.25, 0.3) is 0 Å². The van der Waals surface area contributed by atoms with E-state index in [9.17, 15) is 4.79 Å². The normalized spacial score (nSPS) is 15.6. The first-order chi connectivity index (χ1) is 9.06. The van der Waals surface area contributed by atoms with E-state index in [4.69, 9.17) is 5.73 Å². The molecule has 0 unspecified atom stereocenters. The number of nitrogen functional groups attached to an aromatic ring is 1. The van der Waals surface area contributed by atoms with Crippen LogP contribution in [0.2, 0.25) is 0 Å². The van der Waals surface area contributed by atoms with Gasteiger partial charge in [0, 0.05) is 40.3 Å². The van der Waals surface area contributed by atoms with Crippen molar-refractivity contribution in [2.24, 2.45) is 0 Å². The molecule has 1 aliphatic rings. The van der Waals surface area contributed by atoms with Crippen LogP contribution in [0, 0.1) is 0 Å². The Morgan fingerprint density at radius 3 is 2.58 bits per heavy atom. The fourth-order valence-electron chi connectivity index (χ4n) is 2.05. The molecule has 5 nitrogen and oxygen atoms in total. The van der Waals surface area contributed by atoms with Crippen molar-refractivity contribution in [3.63, 3.8) is 0 Å². The summed E-state index contributed by atoms with van der Waals surface area (Å²) in [6.45, 7) is 3.87. The van der Waals surface area contributed by atoms with E-state index in [1.807, 2.05) is 6.26 Å². The molecule has 0 bridgehead atoms. The summed E-state index contributed by atoms with van der Waals surface area (Å²) in [6, 6.07) is 0. The molecule has 1 saturated heterocycles. The molecule has 0 spiro atoms. The number of nitrogens with two attached hydrogens (primary N) is 1. The number of nitrogens with one attached hydrogen (secondary N) is 1. The average molecular weight is 300 g/mol. The molecule has 2 heterocycles. The Morgan fingerprint density at radius 2 is 2.05 bits per heavy atom. The zero-order valence-electron chi connectivity index (χ0n) is 11.5. The number of thiophene rings is 1. The highest BCUT2D eigenvalue weighted by atomic mass is 32.2. The predicted molar refractivity (Wildman–Crippen MR) is 83.6 cm³/mol. The number of hydrogen-bond donors (Lipinski definition) is 2. The summed E-state index contributed by atoms with van der Waals surface area (Å²) in [4.78, 5) is 17.7. The first-order valence-electron chi connectivity index (χ1n) is 6.19. The van der Waals surface area contributed by atoms with Gasteiger partial charge in [0.05, 0.1) is 10.6 Å². The third kappa shape index (κ3) is 2.82. The van der Waals surface area contributed by atoms with Crippen molar-refractivity contribution in [3.8, 4) is 0 Å². The monoisotopic (exact) mass is 300 g/mol. The molecular formula is C12H20N4OS2. The maximum absolute atomic E-state index is 12.1. The number of anilines is 2. The fraction of sp³-hybridized carbons (Fsp3) is 0.583. The highest BCUT2D eigenvalue weighted by Crippen LogP contribution is 2.44. The van der Waals surface area contributed by atoms with Crippen molar-refractivity contribution in [2.45, 2.75) is 4.90 Å². The molecule has 0 atom stereocenters. The third-order valence-electron chi connectivity index (χ3n) is 3.09. The number of carbonyl (C=O) groups excluding carboxylic acids is 1. The number of piperazine rings is 1. The molecule has 0 aromatic carbocycles. The quantitative estimate of drug-likeness (QED) is 0.821. The second kappa shape index (κ2) is 6.02. The Bertz CT molecular complexity index is 467. The second-order valence-electron chi connectivity index (χ2n) is 4.62. The van der Waals surface area contributed by atoms with Gasteiger partial charge in [-0.1, -0.05) is 0 Å². The van der Waals surface area contributed by atoms with Gasteiger partial charge in [0.25, 0.3) is 5.91 Å². The summed E-state index contributed by atoms with van der Waals surface area (Å²) in [7, 11) is 3.51. The van der Waals surface area contributed by atoms with Crippen LogP contribution in [0.5, 0.6) is 0 Å². The van der Waals surface area contributed by atoms with E-state index in [0.29, 0.717) is 10.6 Å². The molecule has 19 heavy (non-hydrogen) atoms. The van der Waals surface area contributed by atoms with Crippen molar-refractivity contribution in [2.75, 3.05) is 57.2 Å². The topological polar surface area (TPSA) is 61.6 Å². The minimum Gasteiger partial charge on any atom is -0.396 e. The summed E-state index contributed by atoms with van der Waals surface area (Å²) >= 11 is 3.13. The maximum atomic E-state index is 12.1. The molecule has 1 fully saturated rings. The number of amides is 1. The van der Waals surface area contributed by atoms with E-state index < -0.39 is 0 Å². The number of hydrogen-bond acceptors (Lipinski definition) is 6. The van der Waals surface area contributed by atoms with Crippen molar-refractivity contribution >= 4 is 39.7 Å². The number of carbonyl (C=O) groups is 1.